The van der Waals surface area contributed by atoms with Crippen molar-refractivity contribution in [2.75, 3.05) is 20.8 Å². The molecule has 0 radical (unpaired) electrons. The molecule has 0 aromatic carbocycles. The van der Waals surface area contributed by atoms with Crippen molar-refractivity contribution in [2.24, 2.45) is 11.5 Å². The second-order valence-electron chi connectivity index (χ2n) is 3.48. The highest BCUT2D eigenvalue weighted by Crippen LogP contribution is 1.99. The van der Waals surface area contributed by atoms with E-state index in [-0.39, 0.29) is 19.4 Å². The Bertz CT molecular complexity index is 279. The number of carbonyl (C=O) groups is 3. The van der Waals surface area contributed by atoms with Gasteiger partial charge in [0, 0.05) is 6.42 Å². The lowest BCUT2D eigenvalue weighted by molar-refractivity contribution is -0.149. The second-order valence-corrected chi connectivity index (χ2v) is 3.48. The summed E-state index contributed by atoms with van der Waals surface area (Å²) >= 11 is 0. The molecule has 2 atom stereocenters. The van der Waals surface area contributed by atoms with Crippen LogP contribution in [0.25, 0.3) is 0 Å². The Morgan fingerprint density at radius 3 is 2.00 bits per heavy atom. The highest BCUT2D eigenvalue weighted by Gasteiger charge is 2.18. The summed E-state index contributed by atoms with van der Waals surface area (Å²) in [6.07, 6.45) is 0.0309. The number of hydrogen-bond acceptors (Lipinski definition) is 8. The van der Waals surface area contributed by atoms with Crippen molar-refractivity contribution in [1.82, 2.24) is 0 Å². The fourth-order valence-corrected chi connectivity index (χ4v) is 1.02. The van der Waals surface area contributed by atoms with Gasteiger partial charge in [-0.05, 0) is 6.42 Å². The molecular weight excluding hydrogens is 244 g/mol. The van der Waals surface area contributed by atoms with E-state index in [1.54, 1.807) is 0 Å². The Hall–Kier alpha value is -1.67. The first-order valence-corrected chi connectivity index (χ1v) is 5.24. The molecule has 0 heterocycles. The van der Waals surface area contributed by atoms with Gasteiger partial charge in [0.25, 0.3) is 0 Å². The number of methoxy groups -OCH3 is 2. The van der Waals surface area contributed by atoms with E-state index in [2.05, 4.69) is 9.47 Å². The van der Waals surface area contributed by atoms with E-state index in [1.807, 2.05) is 0 Å². The molecule has 0 rings (SSSR count). The average Bonchev–Trinajstić information content (AvgIpc) is 2.39. The van der Waals surface area contributed by atoms with Crippen LogP contribution in [-0.4, -0.2) is 50.8 Å². The summed E-state index contributed by atoms with van der Waals surface area (Å²) in [4.78, 5) is 33.1. The molecule has 0 aromatic heterocycles. The van der Waals surface area contributed by atoms with Gasteiger partial charge in [-0.25, -0.2) is 0 Å². The Labute approximate surface area is 105 Å². The lowest BCUT2D eigenvalue weighted by Gasteiger charge is -2.11. The van der Waals surface area contributed by atoms with Gasteiger partial charge in [0.2, 0.25) is 0 Å². The molecule has 4 N–H and O–H groups in total. The molecule has 0 unspecified atom stereocenters. The third-order valence-electron chi connectivity index (χ3n) is 2.09. The molecule has 8 nitrogen and oxygen atoms in total. The van der Waals surface area contributed by atoms with Crippen molar-refractivity contribution in [3.63, 3.8) is 0 Å². The van der Waals surface area contributed by atoms with E-state index >= 15 is 0 Å². The molecule has 0 fully saturated rings. The molecule has 0 aliphatic carbocycles. The third kappa shape index (κ3) is 6.16. The summed E-state index contributed by atoms with van der Waals surface area (Å²) in [6, 6.07) is -1.90. The van der Waals surface area contributed by atoms with Crippen LogP contribution in [-0.2, 0) is 28.6 Å². The standard InChI is InChI=1S/C10H18N2O6/c1-16-9(14)6(11)3-4-8(13)18-5-7(12)10(15)17-2/h6-7H,3-5,11-12H2,1-2H3/t6-,7-/m0/s1. The predicted molar refractivity (Wildman–Crippen MR) is 60.2 cm³/mol. The third-order valence-corrected chi connectivity index (χ3v) is 2.09. The fourth-order valence-electron chi connectivity index (χ4n) is 1.02. The topological polar surface area (TPSA) is 131 Å². The van der Waals surface area contributed by atoms with Crippen molar-refractivity contribution in [2.45, 2.75) is 24.9 Å². The van der Waals surface area contributed by atoms with Crippen LogP contribution in [0, 0.1) is 0 Å². The predicted octanol–water partition coefficient (Wildman–Crippen LogP) is -1.69. The van der Waals surface area contributed by atoms with Crippen LogP contribution in [0.3, 0.4) is 0 Å². The lowest BCUT2D eigenvalue weighted by Crippen LogP contribution is -2.37. The van der Waals surface area contributed by atoms with Crippen LogP contribution in [0.4, 0.5) is 0 Å². The van der Waals surface area contributed by atoms with Gasteiger partial charge >= 0.3 is 17.9 Å². The minimum atomic E-state index is -1.02. The maximum atomic E-state index is 11.2. The van der Waals surface area contributed by atoms with Gasteiger partial charge in [0.1, 0.15) is 18.7 Å². The van der Waals surface area contributed by atoms with Crippen LogP contribution in [0.2, 0.25) is 0 Å². The molecule has 0 saturated heterocycles. The first kappa shape index (κ1) is 16.3. The first-order chi connectivity index (χ1) is 8.42. The van der Waals surface area contributed by atoms with E-state index in [4.69, 9.17) is 16.2 Å². The number of esters is 3. The maximum Gasteiger partial charge on any atom is 0.326 e. The van der Waals surface area contributed by atoms with E-state index in [0.29, 0.717) is 0 Å². The van der Waals surface area contributed by atoms with E-state index in [9.17, 15) is 14.4 Å². The first-order valence-electron chi connectivity index (χ1n) is 5.24. The molecule has 0 spiro atoms. The van der Waals surface area contributed by atoms with Gasteiger partial charge in [0.15, 0.2) is 0 Å². The quantitative estimate of drug-likeness (QED) is 0.410. The number of nitrogens with two attached hydrogens (primary N) is 2. The second kappa shape index (κ2) is 8.43. The molecular formula is C10H18N2O6. The molecule has 0 aliphatic heterocycles. The van der Waals surface area contributed by atoms with Crippen LogP contribution in [0.15, 0.2) is 0 Å². The largest absolute Gasteiger partial charge is 0.468 e. The molecule has 0 bridgehead atoms. The summed E-state index contributed by atoms with van der Waals surface area (Å²) in [5.41, 5.74) is 10.8. The molecule has 0 aromatic rings. The van der Waals surface area contributed by atoms with Crippen molar-refractivity contribution in [3.05, 3.63) is 0 Å². The molecule has 0 aliphatic rings. The summed E-state index contributed by atoms with van der Waals surface area (Å²) in [5, 5.41) is 0. The summed E-state index contributed by atoms with van der Waals surface area (Å²) < 4.78 is 13.5. The lowest BCUT2D eigenvalue weighted by atomic mass is 10.2. The highest BCUT2D eigenvalue weighted by atomic mass is 16.5. The monoisotopic (exact) mass is 262 g/mol. The van der Waals surface area contributed by atoms with Gasteiger partial charge < -0.3 is 25.7 Å². The Morgan fingerprint density at radius 2 is 1.50 bits per heavy atom. The number of carbonyl (C=O) groups excluding carboxylic acids is 3. The smallest absolute Gasteiger partial charge is 0.326 e. The van der Waals surface area contributed by atoms with Crippen LogP contribution >= 0.6 is 0 Å². The highest BCUT2D eigenvalue weighted by molar-refractivity contribution is 5.78. The van der Waals surface area contributed by atoms with Crippen LogP contribution in [0.1, 0.15) is 12.8 Å². The molecule has 18 heavy (non-hydrogen) atoms. The molecule has 0 amide bonds. The average molecular weight is 262 g/mol. The summed E-state index contributed by atoms with van der Waals surface area (Å²) in [7, 11) is 2.38. The van der Waals surface area contributed by atoms with Crippen molar-refractivity contribution >= 4 is 17.9 Å². The van der Waals surface area contributed by atoms with Crippen molar-refractivity contribution < 1.29 is 28.6 Å². The number of ether oxygens (including phenoxy) is 3. The van der Waals surface area contributed by atoms with E-state index < -0.39 is 30.0 Å². The summed E-state index contributed by atoms with van der Waals surface area (Å²) in [5.74, 6) is -1.88. The summed E-state index contributed by atoms with van der Waals surface area (Å²) in [6.45, 7) is -0.279. The van der Waals surface area contributed by atoms with Gasteiger partial charge in [-0.1, -0.05) is 0 Å². The molecule has 0 saturated carbocycles. The SMILES string of the molecule is COC(=O)[C@@H](N)CCC(=O)OC[C@H](N)C(=O)OC. The zero-order valence-electron chi connectivity index (χ0n) is 10.4. The maximum absolute atomic E-state index is 11.2. The zero-order valence-corrected chi connectivity index (χ0v) is 10.4. The van der Waals surface area contributed by atoms with Gasteiger partial charge in [0.05, 0.1) is 14.2 Å². The fraction of sp³-hybridized carbons (Fsp3) is 0.700. The Balaban J connectivity index is 3.85. The Morgan fingerprint density at radius 1 is 1.00 bits per heavy atom. The molecule has 8 heteroatoms. The van der Waals surface area contributed by atoms with Crippen LogP contribution < -0.4 is 11.5 Å². The Kier molecular flexibility index (Phi) is 7.64. The van der Waals surface area contributed by atoms with Crippen molar-refractivity contribution in [1.29, 1.82) is 0 Å². The zero-order chi connectivity index (χ0) is 14.1. The minimum absolute atomic E-state index is 0.0653. The van der Waals surface area contributed by atoms with Crippen molar-refractivity contribution in [3.8, 4) is 0 Å². The van der Waals surface area contributed by atoms with Gasteiger partial charge in [-0.2, -0.15) is 0 Å². The normalized spacial score (nSPS) is 13.3. The van der Waals surface area contributed by atoms with E-state index in [1.165, 1.54) is 14.2 Å². The molecule has 104 valence electrons. The van der Waals surface area contributed by atoms with Gasteiger partial charge in [-0.15, -0.1) is 0 Å². The van der Waals surface area contributed by atoms with Gasteiger partial charge in [-0.3, -0.25) is 14.4 Å². The van der Waals surface area contributed by atoms with E-state index in [0.717, 1.165) is 0 Å². The minimum Gasteiger partial charge on any atom is -0.468 e. The number of rotatable bonds is 7. The number of hydrogen-bond donors (Lipinski definition) is 2. The van der Waals surface area contributed by atoms with Crippen LogP contribution in [0.5, 0.6) is 0 Å².